The summed E-state index contributed by atoms with van der Waals surface area (Å²) in [5.41, 5.74) is 4.96. The normalized spacial score (nSPS) is 15.3. The van der Waals surface area contributed by atoms with Gasteiger partial charge >= 0.3 is 5.69 Å². The van der Waals surface area contributed by atoms with E-state index in [-0.39, 0.29) is 5.02 Å². The molecule has 2 rings (SSSR count). The van der Waals surface area contributed by atoms with Gasteiger partial charge in [0.1, 0.15) is 5.02 Å². The van der Waals surface area contributed by atoms with Gasteiger partial charge < -0.3 is 15.6 Å². The maximum absolute atomic E-state index is 11.2. The monoisotopic (exact) mass is 242 g/mol. The van der Waals surface area contributed by atoms with E-state index in [0.29, 0.717) is 18.1 Å². The Labute approximate surface area is 95.7 Å². The van der Waals surface area contributed by atoms with E-state index in [4.69, 9.17) is 17.3 Å². The first-order valence-electron chi connectivity index (χ1n) is 4.79. The second-order valence-electron chi connectivity index (χ2n) is 3.54. The van der Waals surface area contributed by atoms with Crippen LogP contribution in [0.2, 0.25) is 5.02 Å². The molecular weight excluding hydrogens is 232 g/mol. The summed E-state index contributed by atoms with van der Waals surface area (Å²) in [6.07, 6.45) is 2.75. The van der Waals surface area contributed by atoms with E-state index in [0.717, 1.165) is 13.0 Å². The fourth-order valence-corrected chi connectivity index (χ4v) is 1.77. The first-order valence-corrected chi connectivity index (χ1v) is 5.17. The Morgan fingerprint density at radius 2 is 2.19 bits per heavy atom. The number of nitrogens with zero attached hydrogens (tertiary/aromatic N) is 1. The van der Waals surface area contributed by atoms with Crippen molar-refractivity contribution in [2.75, 3.05) is 6.54 Å². The van der Waals surface area contributed by atoms with Crippen LogP contribution in [-0.4, -0.2) is 21.4 Å². The van der Waals surface area contributed by atoms with Crippen molar-refractivity contribution in [3.05, 3.63) is 43.5 Å². The first-order chi connectivity index (χ1) is 7.58. The SMILES string of the molecule is NC1=CCCN1Cc1[nH]c(=O)[nH]c(=O)c1Cl. The maximum Gasteiger partial charge on any atom is 0.326 e. The molecule has 1 aromatic heterocycles. The second kappa shape index (κ2) is 4.05. The third-order valence-electron chi connectivity index (χ3n) is 2.42. The molecule has 0 radical (unpaired) electrons. The average molecular weight is 243 g/mol. The van der Waals surface area contributed by atoms with Crippen molar-refractivity contribution < 1.29 is 0 Å². The Morgan fingerprint density at radius 3 is 2.81 bits per heavy atom. The molecular formula is C9H11ClN4O2. The summed E-state index contributed by atoms with van der Waals surface area (Å²) in [5.74, 6) is 0.636. The Kier molecular flexibility index (Phi) is 2.74. The summed E-state index contributed by atoms with van der Waals surface area (Å²) in [4.78, 5) is 28.7. The Bertz CT molecular complexity index is 545. The molecule has 0 amide bonds. The highest BCUT2D eigenvalue weighted by Crippen LogP contribution is 2.15. The highest BCUT2D eigenvalue weighted by Gasteiger charge is 2.15. The van der Waals surface area contributed by atoms with E-state index in [1.54, 1.807) is 0 Å². The minimum absolute atomic E-state index is 0.000648. The zero-order chi connectivity index (χ0) is 11.7. The molecule has 0 aliphatic carbocycles. The van der Waals surface area contributed by atoms with Gasteiger partial charge in [0.2, 0.25) is 0 Å². The maximum atomic E-state index is 11.2. The molecule has 4 N–H and O–H groups in total. The largest absolute Gasteiger partial charge is 0.386 e. The van der Waals surface area contributed by atoms with Crippen LogP contribution in [0.4, 0.5) is 0 Å². The van der Waals surface area contributed by atoms with Gasteiger partial charge in [-0.05, 0) is 12.5 Å². The van der Waals surface area contributed by atoms with E-state index >= 15 is 0 Å². The summed E-state index contributed by atoms with van der Waals surface area (Å²) in [6.45, 7) is 1.09. The fourth-order valence-electron chi connectivity index (χ4n) is 1.61. The minimum atomic E-state index is -0.581. The number of halogens is 1. The summed E-state index contributed by atoms with van der Waals surface area (Å²) in [6, 6.07) is 0. The molecule has 0 unspecified atom stereocenters. The van der Waals surface area contributed by atoms with Gasteiger partial charge in [0.05, 0.1) is 18.1 Å². The number of aromatic amines is 2. The van der Waals surface area contributed by atoms with E-state index in [2.05, 4.69) is 9.97 Å². The van der Waals surface area contributed by atoms with Crippen LogP contribution < -0.4 is 17.0 Å². The predicted molar refractivity (Wildman–Crippen MR) is 60.0 cm³/mol. The molecule has 16 heavy (non-hydrogen) atoms. The molecule has 0 bridgehead atoms. The Hall–Kier alpha value is -1.69. The van der Waals surface area contributed by atoms with E-state index in [9.17, 15) is 9.59 Å². The molecule has 1 aliphatic heterocycles. The molecule has 2 heterocycles. The zero-order valence-electron chi connectivity index (χ0n) is 8.42. The summed E-state index contributed by atoms with van der Waals surface area (Å²) < 4.78 is 0. The van der Waals surface area contributed by atoms with Crippen molar-refractivity contribution in [3.63, 3.8) is 0 Å². The lowest BCUT2D eigenvalue weighted by Crippen LogP contribution is -2.30. The third-order valence-corrected chi connectivity index (χ3v) is 2.82. The number of hydrogen-bond donors (Lipinski definition) is 3. The van der Waals surface area contributed by atoms with Crippen LogP contribution in [0.25, 0.3) is 0 Å². The van der Waals surface area contributed by atoms with Gasteiger partial charge in [-0.15, -0.1) is 0 Å². The van der Waals surface area contributed by atoms with Crippen LogP contribution in [0.1, 0.15) is 12.1 Å². The van der Waals surface area contributed by atoms with Gasteiger partial charge in [0.25, 0.3) is 5.56 Å². The van der Waals surface area contributed by atoms with Gasteiger partial charge in [-0.1, -0.05) is 11.6 Å². The molecule has 1 aliphatic rings. The Balaban J connectivity index is 2.31. The number of nitrogens with one attached hydrogen (secondary N) is 2. The van der Waals surface area contributed by atoms with Gasteiger partial charge in [-0.2, -0.15) is 0 Å². The number of rotatable bonds is 2. The van der Waals surface area contributed by atoms with Crippen molar-refractivity contribution in [1.82, 2.24) is 14.9 Å². The van der Waals surface area contributed by atoms with Crippen LogP contribution in [0.15, 0.2) is 21.5 Å². The van der Waals surface area contributed by atoms with Crippen molar-refractivity contribution in [2.24, 2.45) is 5.73 Å². The second-order valence-corrected chi connectivity index (χ2v) is 3.92. The molecule has 6 nitrogen and oxygen atoms in total. The van der Waals surface area contributed by atoms with Gasteiger partial charge in [-0.25, -0.2) is 4.79 Å². The molecule has 7 heteroatoms. The van der Waals surface area contributed by atoms with Gasteiger partial charge in [0, 0.05) is 6.54 Å². The predicted octanol–water partition coefficient (Wildman–Crippen LogP) is -0.278. The van der Waals surface area contributed by atoms with Crippen LogP contribution in [0.5, 0.6) is 0 Å². The standard InChI is InChI=1S/C9H11ClN4O2/c10-7-5(12-9(16)13-8(7)15)4-14-3-1-2-6(14)11/h2H,1,3-4,11H2,(H2,12,13,15,16). The quantitative estimate of drug-likeness (QED) is 0.665. The number of aromatic nitrogens is 2. The number of hydrogen-bond acceptors (Lipinski definition) is 4. The van der Waals surface area contributed by atoms with Crippen LogP contribution in [0.3, 0.4) is 0 Å². The smallest absolute Gasteiger partial charge is 0.326 e. The van der Waals surface area contributed by atoms with Gasteiger partial charge in [-0.3, -0.25) is 9.78 Å². The molecule has 1 aromatic rings. The summed E-state index contributed by atoms with van der Waals surface area (Å²) >= 11 is 5.79. The molecule has 0 saturated heterocycles. The zero-order valence-corrected chi connectivity index (χ0v) is 9.17. The van der Waals surface area contributed by atoms with Crippen LogP contribution in [0, 0.1) is 0 Å². The number of nitrogens with two attached hydrogens (primary N) is 1. The van der Waals surface area contributed by atoms with Crippen molar-refractivity contribution in [2.45, 2.75) is 13.0 Å². The highest BCUT2D eigenvalue weighted by atomic mass is 35.5. The van der Waals surface area contributed by atoms with Crippen molar-refractivity contribution >= 4 is 11.6 Å². The van der Waals surface area contributed by atoms with E-state index in [1.165, 1.54) is 0 Å². The van der Waals surface area contributed by atoms with E-state index < -0.39 is 11.2 Å². The van der Waals surface area contributed by atoms with Gasteiger partial charge in [0.15, 0.2) is 0 Å². The molecule has 0 fully saturated rings. The Morgan fingerprint density at radius 1 is 1.44 bits per heavy atom. The van der Waals surface area contributed by atoms with Crippen LogP contribution >= 0.6 is 11.6 Å². The molecule has 0 atom stereocenters. The lowest BCUT2D eigenvalue weighted by Gasteiger charge is -2.19. The molecule has 0 saturated carbocycles. The lowest BCUT2D eigenvalue weighted by molar-refractivity contribution is 0.360. The first kappa shape index (κ1) is 10.8. The third kappa shape index (κ3) is 1.96. The topological polar surface area (TPSA) is 95.0 Å². The average Bonchev–Trinajstić information content (AvgIpc) is 2.60. The molecule has 0 aromatic carbocycles. The molecule has 86 valence electrons. The fraction of sp³-hybridized carbons (Fsp3) is 0.333. The highest BCUT2D eigenvalue weighted by molar-refractivity contribution is 6.30. The van der Waals surface area contributed by atoms with Crippen molar-refractivity contribution in [1.29, 1.82) is 0 Å². The summed E-state index contributed by atoms with van der Waals surface area (Å²) in [7, 11) is 0. The van der Waals surface area contributed by atoms with Crippen LogP contribution in [-0.2, 0) is 6.54 Å². The minimum Gasteiger partial charge on any atom is -0.386 e. The summed E-state index contributed by atoms with van der Waals surface area (Å²) in [5, 5.41) is -0.000648. The number of H-pyrrole nitrogens is 2. The van der Waals surface area contributed by atoms with Crippen molar-refractivity contribution in [3.8, 4) is 0 Å². The van der Waals surface area contributed by atoms with E-state index in [1.807, 2.05) is 11.0 Å². The lowest BCUT2D eigenvalue weighted by atomic mass is 10.3. The molecule has 0 spiro atoms.